The molecule has 10 nitrogen and oxygen atoms in total. The van der Waals surface area contributed by atoms with E-state index < -0.39 is 24.0 Å². The van der Waals surface area contributed by atoms with Crippen LogP contribution in [0.5, 0.6) is 0 Å². The molecular formula is C35H48FN5O5. The summed E-state index contributed by atoms with van der Waals surface area (Å²) in [6.45, 7) is 4.77. The van der Waals surface area contributed by atoms with Crippen LogP contribution < -0.4 is 5.73 Å². The molecule has 5 aliphatic rings. The number of terminal acetylenes is 1. The van der Waals surface area contributed by atoms with E-state index in [4.69, 9.17) is 21.6 Å². The van der Waals surface area contributed by atoms with Crippen LogP contribution in [0.3, 0.4) is 0 Å². The number of esters is 1. The van der Waals surface area contributed by atoms with Gasteiger partial charge in [-0.15, -0.1) is 6.42 Å². The first-order valence-electron chi connectivity index (χ1n) is 17.3. The van der Waals surface area contributed by atoms with Gasteiger partial charge in [0.2, 0.25) is 0 Å². The first-order chi connectivity index (χ1) is 22.0. The maximum Gasteiger partial charge on any atom is 0.312 e. The van der Waals surface area contributed by atoms with Gasteiger partial charge in [0.25, 0.3) is 0 Å². The zero-order chi connectivity index (χ0) is 32.4. The number of ether oxygens (including phenoxy) is 2. The average molecular weight is 638 g/mol. The number of halogens is 1. The Morgan fingerprint density at radius 3 is 2.72 bits per heavy atom. The number of anilines is 1. The number of hydrogen-bond acceptors (Lipinski definition) is 9. The Labute approximate surface area is 270 Å². The largest absolute Gasteiger partial charge is 0.461 e. The number of nitrogens with two attached hydrogens (primary N) is 1. The van der Waals surface area contributed by atoms with E-state index in [0.29, 0.717) is 22.7 Å². The predicted octanol–water partition coefficient (Wildman–Crippen LogP) is 4.93. The fourth-order valence-electron chi connectivity index (χ4n) is 10.9. The van der Waals surface area contributed by atoms with Crippen molar-refractivity contribution < 1.29 is 28.9 Å². The molecule has 5 fully saturated rings. The zero-order valence-electron chi connectivity index (χ0n) is 27.0. The minimum atomic E-state index is -1.55. The second-order valence-electron chi connectivity index (χ2n) is 15.5. The number of hydrogen-bond donors (Lipinski definition) is 3. The summed E-state index contributed by atoms with van der Waals surface area (Å²) in [7, 11) is 0. The Balaban J connectivity index is 0.925. The van der Waals surface area contributed by atoms with E-state index in [0.717, 1.165) is 43.4 Å². The van der Waals surface area contributed by atoms with Crippen molar-refractivity contribution in [2.24, 2.45) is 40.4 Å². The van der Waals surface area contributed by atoms with Crippen molar-refractivity contribution in [3.63, 3.8) is 0 Å². The van der Waals surface area contributed by atoms with Crippen molar-refractivity contribution in [1.29, 1.82) is 0 Å². The van der Waals surface area contributed by atoms with Crippen molar-refractivity contribution in [3.05, 3.63) is 12.4 Å². The quantitative estimate of drug-likeness (QED) is 0.219. The molecule has 0 aromatic carbocycles. The van der Waals surface area contributed by atoms with Crippen molar-refractivity contribution in [1.82, 2.24) is 19.5 Å². The molecule has 46 heavy (non-hydrogen) atoms. The molecule has 4 aliphatic carbocycles. The van der Waals surface area contributed by atoms with Crippen LogP contribution in [0.25, 0.3) is 11.2 Å². The van der Waals surface area contributed by atoms with Crippen molar-refractivity contribution in [2.45, 2.75) is 121 Å². The summed E-state index contributed by atoms with van der Waals surface area (Å²) in [6.07, 6.45) is 17.0. The van der Waals surface area contributed by atoms with Gasteiger partial charge in [-0.1, -0.05) is 19.8 Å². The normalized spacial score (nSPS) is 41.8. The Morgan fingerprint density at radius 2 is 1.91 bits per heavy atom. The minimum absolute atomic E-state index is 0.0732. The summed E-state index contributed by atoms with van der Waals surface area (Å²) in [5.41, 5.74) is 5.27. The van der Waals surface area contributed by atoms with Gasteiger partial charge >= 0.3 is 12.0 Å². The number of nitrogens with zero attached hydrogens (tertiary/aromatic N) is 4. The van der Waals surface area contributed by atoms with Crippen LogP contribution in [0.1, 0.15) is 104 Å². The van der Waals surface area contributed by atoms with Crippen molar-refractivity contribution in [2.75, 3.05) is 12.3 Å². The van der Waals surface area contributed by atoms with Gasteiger partial charge in [0.05, 0.1) is 12.4 Å². The lowest BCUT2D eigenvalue weighted by Gasteiger charge is -2.61. The van der Waals surface area contributed by atoms with Crippen LogP contribution in [0.15, 0.2) is 6.33 Å². The molecular weight excluding hydrogens is 589 g/mol. The van der Waals surface area contributed by atoms with E-state index in [9.17, 15) is 19.4 Å². The Bertz CT molecular complexity index is 1530. The lowest BCUT2D eigenvalue weighted by Crippen LogP contribution is -2.53. The van der Waals surface area contributed by atoms with Gasteiger partial charge in [0.15, 0.2) is 22.6 Å². The van der Waals surface area contributed by atoms with Crippen LogP contribution in [0.2, 0.25) is 0 Å². The van der Waals surface area contributed by atoms with Crippen LogP contribution in [-0.4, -0.2) is 60.1 Å². The number of rotatable bonds is 7. The maximum atomic E-state index is 13.9. The number of aliphatic hydroxyl groups excluding tert-OH is 2. The second kappa shape index (κ2) is 11.7. The third kappa shape index (κ3) is 5.10. The zero-order valence-corrected chi connectivity index (χ0v) is 27.0. The molecule has 2 aromatic rings. The number of imidazole rings is 1. The highest BCUT2D eigenvalue weighted by atomic mass is 19.1. The third-order valence-electron chi connectivity index (χ3n) is 13.5. The second-order valence-corrected chi connectivity index (χ2v) is 15.5. The third-order valence-corrected chi connectivity index (χ3v) is 13.5. The molecule has 1 saturated heterocycles. The number of aliphatic hydroxyl groups is 2. The van der Waals surface area contributed by atoms with E-state index in [1.165, 1.54) is 55.8 Å². The predicted molar refractivity (Wildman–Crippen MR) is 168 cm³/mol. The summed E-state index contributed by atoms with van der Waals surface area (Å²) < 4.78 is 27.0. The first kappa shape index (κ1) is 31.8. The topological polar surface area (TPSA) is 146 Å². The van der Waals surface area contributed by atoms with Crippen LogP contribution in [-0.2, 0) is 14.3 Å². The fourth-order valence-corrected chi connectivity index (χ4v) is 10.9. The van der Waals surface area contributed by atoms with E-state index in [1.807, 2.05) is 0 Å². The summed E-state index contributed by atoms with van der Waals surface area (Å²) >= 11 is 0. The summed E-state index contributed by atoms with van der Waals surface area (Å²) in [5.74, 6) is 5.63. The molecule has 0 radical (unpaired) electrons. The molecule has 2 aromatic heterocycles. The fraction of sp³-hybridized carbons (Fsp3) is 0.771. The monoisotopic (exact) mass is 637 g/mol. The van der Waals surface area contributed by atoms with Gasteiger partial charge < -0.3 is 25.4 Å². The number of carbonyl (C=O) groups excluding carboxylic acids is 1. The van der Waals surface area contributed by atoms with Gasteiger partial charge in [0.1, 0.15) is 18.9 Å². The average Bonchev–Trinajstić information content (AvgIpc) is 3.70. The van der Waals surface area contributed by atoms with Gasteiger partial charge in [-0.25, -0.2) is 4.98 Å². The minimum Gasteiger partial charge on any atom is -0.461 e. The van der Waals surface area contributed by atoms with Crippen molar-refractivity contribution >= 4 is 23.0 Å². The molecule has 4 N–H and O–H groups in total. The highest BCUT2D eigenvalue weighted by molar-refractivity contribution is 5.81. The first-order valence-corrected chi connectivity index (χ1v) is 17.3. The molecule has 3 heterocycles. The standard InChI is InChI=1S/C35H48FN5O5/c1-4-35(26(43)17-27(46-35)41-19-38-29-30(37)39-32(36)40-31(29)41)18-45-28(44)7-5-6-20-9-11-24-23-10-8-21-16-22(42)12-14-34(21,3)25(23)13-15-33(20,24)2/h1,19-27,42-43H,5-18H2,2-3H3,(H2,37,39,40)/t20-,21+,22+,23-,24-,25-,26-,27+,33+,34-,35+/m0/s1. The Morgan fingerprint density at radius 1 is 1.13 bits per heavy atom. The molecule has 11 atom stereocenters. The molecule has 0 spiro atoms. The number of nitrogen functional groups attached to an aromatic ring is 1. The number of aromatic nitrogens is 4. The lowest BCUT2D eigenvalue weighted by molar-refractivity contribution is -0.156. The molecule has 11 heteroatoms. The van der Waals surface area contributed by atoms with E-state index >= 15 is 0 Å². The summed E-state index contributed by atoms with van der Waals surface area (Å²) in [4.78, 5) is 24.3. The van der Waals surface area contributed by atoms with Gasteiger partial charge in [-0.3, -0.25) is 9.36 Å². The molecule has 7 rings (SSSR count). The highest BCUT2D eigenvalue weighted by Gasteiger charge is 2.60. The molecule has 250 valence electrons. The smallest absolute Gasteiger partial charge is 0.312 e. The van der Waals surface area contributed by atoms with Crippen molar-refractivity contribution in [3.8, 4) is 12.3 Å². The Kier molecular flexibility index (Phi) is 8.09. The summed E-state index contributed by atoms with van der Waals surface area (Å²) in [6, 6.07) is 0. The van der Waals surface area contributed by atoms with Gasteiger partial charge in [-0.05, 0) is 111 Å². The number of carbonyl (C=O) groups is 1. The number of fused-ring (bicyclic) bond motifs is 6. The van der Waals surface area contributed by atoms with E-state index in [2.05, 4.69) is 34.7 Å². The SMILES string of the molecule is C#C[C@]1(COC(=O)CCC[C@H]2CC[C@H]3[C@@H]4CC[C@@H]5C[C@H](O)CC[C@]5(C)[C@H]4CC[C@]23C)O[C@@H](n2cnc3c(N)nc(F)nc32)C[C@@H]1O. The molecule has 4 saturated carbocycles. The van der Waals surface area contributed by atoms with E-state index in [1.54, 1.807) is 0 Å². The van der Waals surface area contributed by atoms with Crippen LogP contribution >= 0.6 is 0 Å². The molecule has 0 unspecified atom stereocenters. The van der Waals surface area contributed by atoms with Gasteiger partial charge in [0, 0.05) is 12.8 Å². The maximum absolute atomic E-state index is 13.9. The molecule has 0 bridgehead atoms. The molecule has 1 aliphatic heterocycles. The Hall–Kier alpha value is -2.81. The van der Waals surface area contributed by atoms with Gasteiger partial charge in [-0.2, -0.15) is 14.4 Å². The lowest BCUT2D eigenvalue weighted by atomic mass is 9.44. The molecule has 0 amide bonds. The summed E-state index contributed by atoms with van der Waals surface area (Å²) in [5, 5.41) is 21.2. The van der Waals surface area contributed by atoms with Crippen LogP contribution in [0.4, 0.5) is 10.2 Å². The van der Waals surface area contributed by atoms with Crippen LogP contribution in [0, 0.1) is 58.8 Å². The highest BCUT2D eigenvalue weighted by Crippen LogP contribution is 2.68. The van der Waals surface area contributed by atoms with E-state index in [-0.39, 0.29) is 48.5 Å².